The molecule has 29 heavy (non-hydrogen) atoms. The van der Waals surface area contributed by atoms with Gasteiger partial charge in [0.25, 0.3) is 0 Å². The van der Waals surface area contributed by atoms with Crippen LogP contribution in [-0.2, 0) is 4.79 Å². The first-order valence-electron chi connectivity index (χ1n) is 9.29. The first-order valence-corrected chi connectivity index (χ1v) is 10.1. The van der Waals surface area contributed by atoms with Crippen molar-refractivity contribution in [1.29, 1.82) is 0 Å². The largest absolute Gasteiger partial charge is 0.497 e. The van der Waals surface area contributed by atoms with Gasteiger partial charge >= 0.3 is 0 Å². The number of rotatable bonds is 4. The minimum Gasteiger partial charge on any atom is -0.497 e. The number of hydrazone groups is 1. The molecule has 0 fully saturated rings. The van der Waals surface area contributed by atoms with Crippen LogP contribution < -0.4 is 4.74 Å². The smallest absolute Gasteiger partial charge is 0.242 e. The van der Waals surface area contributed by atoms with Gasteiger partial charge in [-0.25, -0.2) is 9.99 Å². The van der Waals surface area contributed by atoms with Crippen molar-refractivity contribution in [2.75, 3.05) is 7.11 Å². The van der Waals surface area contributed by atoms with Crippen LogP contribution in [0.5, 0.6) is 5.75 Å². The van der Waals surface area contributed by atoms with Gasteiger partial charge in [-0.2, -0.15) is 5.10 Å². The van der Waals surface area contributed by atoms with Gasteiger partial charge in [-0.15, -0.1) is 0 Å². The molecule has 0 bridgehead atoms. The second-order valence-electron chi connectivity index (χ2n) is 6.79. The average Bonchev–Trinajstić information content (AvgIpc) is 3.18. The molecule has 1 unspecified atom stereocenters. The van der Waals surface area contributed by atoms with Crippen LogP contribution in [0.3, 0.4) is 0 Å². The Morgan fingerprint density at radius 2 is 1.93 bits per heavy atom. The van der Waals surface area contributed by atoms with Crippen molar-refractivity contribution < 1.29 is 9.53 Å². The number of amides is 1. The molecular formula is C22H19Cl2N3O2. The maximum absolute atomic E-state index is 12.6. The zero-order valence-electron chi connectivity index (χ0n) is 16.0. The summed E-state index contributed by atoms with van der Waals surface area (Å²) in [6, 6.07) is 14.7. The molecule has 2 aromatic carbocycles. The second kappa shape index (κ2) is 8.01. The molecule has 3 aromatic rings. The zero-order valence-corrected chi connectivity index (χ0v) is 17.5. The van der Waals surface area contributed by atoms with E-state index in [1.165, 1.54) is 5.01 Å². The molecule has 0 radical (unpaired) electrons. The lowest BCUT2D eigenvalue weighted by molar-refractivity contribution is -0.132. The summed E-state index contributed by atoms with van der Waals surface area (Å²) in [6.45, 7) is 1.82. The van der Waals surface area contributed by atoms with Crippen molar-refractivity contribution in [3.05, 3.63) is 69.8 Å². The van der Waals surface area contributed by atoms with Crippen LogP contribution in [0.25, 0.3) is 10.9 Å². The van der Waals surface area contributed by atoms with Gasteiger partial charge in [0.15, 0.2) is 0 Å². The zero-order chi connectivity index (χ0) is 20.5. The van der Waals surface area contributed by atoms with Crippen LogP contribution in [0.2, 0.25) is 10.2 Å². The number of methoxy groups -OCH3 is 1. The molecule has 2 heterocycles. The number of fused-ring (bicyclic) bond motifs is 1. The van der Waals surface area contributed by atoms with E-state index in [0.717, 1.165) is 33.5 Å². The Bertz CT molecular complexity index is 1110. The third-order valence-corrected chi connectivity index (χ3v) is 5.56. The van der Waals surface area contributed by atoms with Crippen LogP contribution in [0.15, 0.2) is 53.6 Å². The van der Waals surface area contributed by atoms with Gasteiger partial charge in [-0.05, 0) is 42.0 Å². The summed E-state index contributed by atoms with van der Waals surface area (Å²) < 4.78 is 5.32. The third-order valence-electron chi connectivity index (χ3n) is 5.01. The van der Waals surface area contributed by atoms with Crippen molar-refractivity contribution in [2.24, 2.45) is 5.10 Å². The number of benzene rings is 2. The number of halogens is 2. The fraction of sp³-hybridized carbons (Fsp3) is 0.227. The topological polar surface area (TPSA) is 54.8 Å². The van der Waals surface area contributed by atoms with E-state index < -0.39 is 0 Å². The minimum atomic E-state index is -0.316. The average molecular weight is 428 g/mol. The van der Waals surface area contributed by atoms with E-state index in [1.54, 1.807) is 7.11 Å². The first kappa shape index (κ1) is 19.7. The van der Waals surface area contributed by atoms with Crippen molar-refractivity contribution in [1.82, 2.24) is 9.99 Å². The standard InChI is InChI=1S/C22H19Cl2N3O2/c1-3-21(28)27-20(12-19(26-27)13-4-6-15(23)7-5-13)17-11-14-10-16(29-2)8-9-18(14)25-22(17)24/h4-11,20H,3,12H2,1-2H3. The van der Waals surface area contributed by atoms with Crippen molar-refractivity contribution >= 4 is 45.7 Å². The minimum absolute atomic E-state index is 0.0687. The lowest BCUT2D eigenvalue weighted by atomic mass is 9.98. The summed E-state index contributed by atoms with van der Waals surface area (Å²) in [4.78, 5) is 17.1. The Morgan fingerprint density at radius 1 is 1.17 bits per heavy atom. The first-order chi connectivity index (χ1) is 14.0. The summed E-state index contributed by atoms with van der Waals surface area (Å²) in [5.74, 6) is 0.666. The lowest BCUT2D eigenvalue weighted by Gasteiger charge is -2.22. The number of aromatic nitrogens is 1. The summed E-state index contributed by atoms with van der Waals surface area (Å²) >= 11 is 12.5. The van der Waals surface area contributed by atoms with E-state index in [0.29, 0.717) is 23.0 Å². The highest BCUT2D eigenvalue weighted by atomic mass is 35.5. The Balaban J connectivity index is 1.77. The number of pyridine rings is 1. The quantitative estimate of drug-likeness (QED) is 0.506. The molecule has 0 N–H and O–H groups in total. The predicted molar refractivity (Wildman–Crippen MR) is 116 cm³/mol. The van der Waals surface area contributed by atoms with Crippen molar-refractivity contribution in [3.8, 4) is 5.75 Å². The lowest BCUT2D eigenvalue weighted by Crippen LogP contribution is -2.26. The fourth-order valence-corrected chi connectivity index (χ4v) is 3.87. The molecule has 1 aromatic heterocycles. The van der Waals surface area contributed by atoms with Gasteiger partial charge in [0, 0.05) is 28.8 Å². The highest BCUT2D eigenvalue weighted by Gasteiger charge is 2.34. The molecule has 7 heteroatoms. The van der Waals surface area contributed by atoms with E-state index in [1.807, 2.05) is 55.5 Å². The highest BCUT2D eigenvalue weighted by Crippen LogP contribution is 2.38. The number of carbonyl (C=O) groups is 1. The number of carbonyl (C=O) groups excluding carboxylic acids is 1. The molecule has 5 nitrogen and oxygen atoms in total. The molecule has 0 saturated heterocycles. The summed E-state index contributed by atoms with van der Waals surface area (Å²) in [5, 5.41) is 8.06. The van der Waals surface area contributed by atoms with E-state index >= 15 is 0 Å². The molecule has 1 aliphatic rings. The maximum Gasteiger partial charge on any atom is 0.242 e. The molecule has 148 valence electrons. The molecule has 0 saturated carbocycles. The number of nitrogens with zero attached hydrogens (tertiary/aromatic N) is 3. The maximum atomic E-state index is 12.6. The van der Waals surface area contributed by atoms with Gasteiger partial charge in [0.05, 0.1) is 24.4 Å². The van der Waals surface area contributed by atoms with E-state index in [2.05, 4.69) is 10.1 Å². The number of hydrogen-bond donors (Lipinski definition) is 0. The highest BCUT2D eigenvalue weighted by molar-refractivity contribution is 6.31. The van der Waals surface area contributed by atoms with Crippen LogP contribution in [0, 0.1) is 0 Å². The summed E-state index contributed by atoms with van der Waals surface area (Å²) in [7, 11) is 1.62. The van der Waals surface area contributed by atoms with Gasteiger partial charge in [-0.1, -0.05) is 42.3 Å². The number of ether oxygens (including phenoxy) is 1. The molecule has 4 rings (SSSR count). The summed E-state index contributed by atoms with van der Waals surface area (Å²) in [5.41, 5.74) is 3.28. The Hall–Kier alpha value is -2.63. The van der Waals surface area contributed by atoms with Crippen LogP contribution >= 0.6 is 23.2 Å². The van der Waals surface area contributed by atoms with Gasteiger partial charge < -0.3 is 4.74 Å². The molecule has 1 atom stereocenters. The Labute approximate surface area is 178 Å². The monoisotopic (exact) mass is 427 g/mol. The Morgan fingerprint density at radius 3 is 2.62 bits per heavy atom. The molecule has 1 aliphatic heterocycles. The molecule has 1 amide bonds. The van der Waals surface area contributed by atoms with Crippen molar-refractivity contribution in [2.45, 2.75) is 25.8 Å². The molecule has 0 spiro atoms. The predicted octanol–water partition coefficient (Wildman–Crippen LogP) is 5.64. The summed E-state index contributed by atoms with van der Waals surface area (Å²) in [6.07, 6.45) is 0.893. The SMILES string of the molecule is CCC(=O)N1N=C(c2ccc(Cl)cc2)CC1c1cc2cc(OC)ccc2nc1Cl. The van der Waals surface area contributed by atoms with Gasteiger partial charge in [0.2, 0.25) is 5.91 Å². The van der Waals surface area contributed by atoms with Gasteiger partial charge in [0.1, 0.15) is 10.9 Å². The van der Waals surface area contributed by atoms with Crippen molar-refractivity contribution in [3.63, 3.8) is 0 Å². The van der Waals surface area contributed by atoms with Crippen LogP contribution in [0.1, 0.15) is 36.9 Å². The van der Waals surface area contributed by atoms with Crippen LogP contribution in [-0.4, -0.2) is 28.7 Å². The van der Waals surface area contributed by atoms with Gasteiger partial charge in [-0.3, -0.25) is 4.79 Å². The molecule has 0 aliphatic carbocycles. The third kappa shape index (κ3) is 3.80. The normalized spacial score (nSPS) is 16.2. The second-order valence-corrected chi connectivity index (χ2v) is 7.59. The molecular weight excluding hydrogens is 409 g/mol. The number of hydrogen-bond acceptors (Lipinski definition) is 4. The fourth-order valence-electron chi connectivity index (χ4n) is 3.47. The van der Waals surface area contributed by atoms with E-state index in [4.69, 9.17) is 27.9 Å². The van der Waals surface area contributed by atoms with Crippen LogP contribution in [0.4, 0.5) is 0 Å². The van der Waals surface area contributed by atoms with E-state index in [9.17, 15) is 4.79 Å². The van der Waals surface area contributed by atoms with E-state index in [-0.39, 0.29) is 11.9 Å². The Kier molecular flexibility index (Phi) is 5.43.